The Bertz CT molecular complexity index is 379. The summed E-state index contributed by atoms with van der Waals surface area (Å²) in [6.45, 7) is 8.78. The highest BCUT2D eigenvalue weighted by atomic mass is 15.1. The molecule has 2 heteroatoms. The summed E-state index contributed by atoms with van der Waals surface area (Å²) in [5.74, 6) is 0.960. The molecule has 1 aliphatic rings. The molecule has 1 heterocycles. The fourth-order valence-corrected chi connectivity index (χ4v) is 2.86. The summed E-state index contributed by atoms with van der Waals surface area (Å²) in [6.07, 6.45) is 4.09. The zero-order valence-electron chi connectivity index (χ0n) is 11.8. The fourth-order valence-electron chi connectivity index (χ4n) is 2.86. The van der Waals surface area contributed by atoms with Crippen LogP contribution in [-0.2, 0) is 13.1 Å². The minimum absolute atomic E-state index is 0.642. The summed E-state index contributed by atoms with van der Waals surface area (Å²) in [5.41, 5.74) is 9.76. The van der Waals surface area contributed by atoms with Gasteiger partial charge in [0, 0.05) is 13.1 Å². The Morgan fingerprint density at radius 3 is 2.56 bits per heavy atom. The second-order valence-electron chi connectivity index (χ2n) is 5.59. The summed E-state index contributed by atoms with van der Waals surface area (Å²) in [4.78, 5) is 2.59. The van der Waals surface area contributed by atoms with Crippen molar-refractivity contribution in [2.75, 3.05) is 13.1 Å². The lowest BCUT2D eigenvalue weighted by Gasteiger charge is -2.31. The number of hydrogen-bond acceptors (Lipinski definition) is 2. The van der Waals surface area contributed by atoms with Crippen LogP contribution in [0.4, 0.5) is 0 Å². The minimum Gasteiger partial charge on any atom is -0.326 e. The van der Waals surface area contributed by atoms with Crippen molar-refractivity contribution in [3.05, 3.63) is 34.9 Å². The van der Waals surface area contributed by atoms with Crippen LogP contribution < -0.4 is 5.73 Å². The number of benzene rings is 1. The van der Waals surface area contributed by atoms with Crippen LogP contribution in [0.5, 0.6) is 0 Å². The van der Waals surface area contributed by atoms with Crippen molar-refractivity contribution in [1.29, 1.82) is 0 Å². The first-order valence-corrected chi connectivity index (χ1v) is 7.23. The molecule has 0 atom stereocenters. The van der Waals surface area contributed by atoms with E-state index in [0.29, 0.717) is 6.54 Å². The number of nitrogens with zero attached hydrogens (tertiary/aromatic N) is 1. The average molecular weight is 246 g/mol. The maximum atomic E-state index is 5.67. The van der Waals surface area contributed by atoms with Gasteiger partial charge in [-0.25, -0.2) is 0 Å². The Labute approximate surface area is 111 Å². The summed E-state index contributed by atoms with van der Waals surface area (Å²) in [7, 11) is 0. The Hall–Kier alpha value is -0.860. The number of aryl methyl sites for hydroxylation is 1. The average Bonchev–Trinajstić information content (AvgIpc) is 2.42. The molecule has 1 aromatic carbocycles. The lowest BCUT2D eigenvalue weighted by molar-refractivity contribution is 0.175. The summed E-state index contributed by atoms with van der Waals surface area (Å²) < 4.78 is 0. The van der Waals surface area contributed by atoms with Gasteiger partial charge in [0.15, 0.2) is 0 Å². The third-order valence-corrected chi connectivity index (χ3v) is 4.32. The second-order valence-corrected chi connectivity index (χ2v) is 5.59. The quantitative estimate of drug-likeness (QED) is 0.884. The van der Waals surface area contributed by atoms with Gasteiger partial charge in [0.2, 0.25) is 0 Å². The van der Waals surface area contributed by atoms with E-state index >= 15 is 0 Å². The first-order chi connectivity index (χ1) is 8.72. The van der Waals surface area contributed by atoms with Gasteiger partial charge in [-0.2, -0.15) is 0 Å². The Balaban J connectivity index is 1.94. The summed E-state index contributed by atoms with van der Waals surface area (Å²) in [6, 6.07) is 6.65. The minimum atomic E-state index is 0.642. The van der Waals surface area contributed by atoms with E-state index < -0.39 is 0 Å². The monoisotopic (exact) mass is 246 g/mol. The van der Waals surface area contributed by atoms with Crippen molar-refractivity contribution in [2.45, 2.75) is 46.2 Å². The number of rotatable bonds is 4. The van der Waals surface area contributed by atoms with Crippen molar-refractivity contribution < 1.29 is 0 Å². The van der Waals surface area contributed by atoms with Crippen LogP contribution in [0.2, 0.25) is 0 Å². The number of hydrogen-bond donors (Lipinski definition) is 1. The molecular weight excluding hydrogens is 220 g/mol. The zero-order valence-corrected chi connectivity index (χ0v) is 11.8. The van der Waals surface area contributed by atoms with E-state index in [4.69, 9.17) is 5.73 Å². The van der Waals surface area contributed by atoms with Crippen LogP contribution >= 0.6 is 0 Å². The molecule has 0 unspecified atom stereocenters. The van der Waals surface area contributed by atoms with E-state index in [1.807, 2.05) is 0 Å². The molecule has 2 N–H and O–H groups in total. The van der Waals surface area contributed by atoms with E-state index in [0.717, 1.165) is 12.5 Å². The van der Waals surface area contributed by atoms with Gasteiger partial charge in [-0.05, 0) is 55.5 Å². The molecule has 100 valence electrons. The molecule has 0 aromatic heterocycles. The first kappa shape index (κ1) is 13.6. The van der Waals surface area contributed by atoms with Gasteiger partial charge in [-0.1, -0.05) is 31.5 Å². The maximum absolute atomic E-state index is 5.67. The molecule has 0 saturated carbocycles. The molecule has 2 rings (SSSR count). The van der Waals surface area contributed by atoms with Gasteiger partial charge in [0.05, 0.1) is 0 Å². The van der Waals surface area contributed by atoms with Crippen LogP contribution in [-0.4, -0.2) is 18.0 Å². The highest BCUT2D eigenvalue weighted by Crippen LogP contribution is 2.22. The normalized spacial score (nSPS) is 18.2. The van der Waals surface area contributed by atoms with Gasteiger partial charge < -0.3 is 5.73 Å². The molecule has 1 aromatic rings. The van der Waals surface area contributed by atoms with E-state index in [1.54, 1.807) is 0 Å². The topological polar surface area (TPSA) is 29.3 Å². The molecule has 0 aliphatic carbocycles. The van der Waals surface area contributed by atoms with Crippen molar-refractivity contribution >= 4 is 0 Å². The fraction of sp³-hybridized carbons (Fsp3) is 0.625. The highest BCUT2D eigenvalue weighted by molar-refractivity contribution is 5.31. The molecule has 2 nitrogen and oxygen atoms in total. The Morgan fingerprint density at radius 2 is 2.00 bits per heavy atom. The van der Waals surface area contributed by atoms with E-state index in [9.17, 15) is 0 Å². The SMILES string of the molecule is CCC1CCN(Cc2ccc(CN)cc2C)CC1. The second kappa shape index (κ2) is 6.35. The molecule has 1 saturated heterocycles. The van der Waals surface area contributed by atoms with Gasteiger partial charge in [-0.15, -0.1) is 0 Å². The molecule has 0 amide bonds. The van der Waals surface area contributed by atoms with Crippen LogP contribution in [0.1, 0.15) is 42.9 Å². The maximum Gasteiger partial charge on any atom is 0.0236 e. The van der Waals surface area contributed by atoms with E-state index in [2.05, 4.69) is 36.9 Å². The van der Waals surface area contributed by atoms with Crippen LogP contribution in [0, 0.1) is 12.8 Å². The third-order valence-electron chi connectivity index (χ3n) is 4.32. The number of nitrogens with two attached hydrogens (primary N) is 1. The van der Waals surface area contributed by atoms with Crippen molar-refractivity contribution in [1.82, 2.24) is 4.90 Å². The standard InChI is InChI=1S/C16H26N2/c1-3-14-6-8-18(9-7-14)12-16-5-4-15(11-17)10-13(16)2/h4-5,10,14H,3,6-9,11-12,17H2,1-2H3. The smallest absolute Gasteiger partial charge is 0.0236 e. The Kier molecular flexibility index (Phi) is 4.79. The molecule has 0 radical (unpaired) electrons. The molecule has 1 fully saturated rings. The third kappa shape index (κ3) is 3.33. The van der Waals surface area contributed by atoms with Gasteiger partial charge in [0.1, 0.15) is 0 Å². The predicted molar refractivity (Wildman–Crippen MR) is 77.4 cm³/mol. The van der Waals surface area contributed by atoms with Crippen LogP contribution in [0.15, 0.2) is 18.2 Å². The number of piperidine rings is 1. The predicted octanol–water partition coefficient (Wildman–Crippen LogP) is 3.08. The lowest BCUT2D eigenvalue weighted by atomic mass is 9.94. The van der Waals surface area contributed by atoms with Crippen molar-refractivity contribution in [2.24, 2.45) is 11.7 Å². The zero-order chi connectivity index (χ0) is 13.0. The molecule has 0 spiro atoms. The van der Waals surface area contributed by atoms with Gasteiger partial charge in [0.25, 0.3) is 0 Å². The van der Waals surface area contributed by atoms with Crippen molar-refractivity contribution in [3.63, 3.8) is 0 Å². The van der Waals surface area contributed by atoms with E-state index in [1.165, 1.54) is 49.0 Å². The lowest BCUT2D eigenvalue weighted by Crippen LogP contribution is -2.33. The Morgan fingerprint density at radius 1 is 1.28 bits per heavy atom. The van der Waals surface area contributed by atoms with E-state index in [-0.39, 0.29) is 0 Å². The largest absolute Gasteiger partial charge is 0.326 e. The van der Waals surface area contributed by atoms with Crippen LogP contribution in [0.3, 0.4) is 0 Å². The van der Waals surface area contributed by atoms with Crippen LogP contribution in [0.25, 0.3) is 0 Å². The molecule has 18 heavy (non-hydrogen) atoms. The summed E-state index contributed by atoms with van der Waals surface area (Å²) >= 11 is 0. The number of likely N-dealkylation sites (tertiary alicyclic amines) is 1. The molecule has 1 aliphatic heterocycles. The van der Waals surface area contributed by atoms with Crippen molar-refractivity contribution in [3.8, 4) is 0 Å². The molecular formula is C16H26N2. The molecule has 0 bridgehead atoms. The highest BCUT2D eigenvalue weighted by Gasteiger charge is 2.18. The first-order valence-electron chi connectivity index (χ1n) is 7.23. The summed E-state index contributed by atoms with van der Waals surface area (Å²) in [5, 5.41) is 0. The van der Waals surface area contributed by atoms with Gasteiger partial charge >= 0.3 is 0 Å². The van der Waals surface area contributed by atoms with Gasteiger partial charge in [-0.3, -0.25) is 4.90 Å².